The van der Waals surface area contributed by atoms with E-state index in [1.54, 1.807) is 0 Å². The zero-order chi connectivity index (χ0) is 13.8. The lowest BCUT2D eigenvalue weighted by atomic mass is 10.2. The minimum absolute atomic E-state index is 0.0198. The van der Waals surface area contributed by atoms with Gasteiger partial charge in [-0.2, -0.15) is 0 Å². The third-order valence-electron chi connectivity index (χ3n) is 1.81. The predicted octanol–water partition coefficient (Wildman–Crippen LogP) is 2.58. The van der Waals surface area contributed by atoms with Gasteiger partial charge in [-0.3, -0.25) is 10.1 Å². The molecular weight excluding hydrogens is 255 g/mol. The van der Waals surface area contributed by atoms with Crippen LogP contribution in [0.2, 0.25) is 0 Å². The van der Waals surface area contributed by atoms with Gasteiger partial charge in [0.25, 0.3) is 0 Å². The highest BCUT2D eigenvalue weighted by molar-refractivity contribution is 5.93. The highest BCUT2D eigenvalue weighted by Gasteiger charge is 2.31. The number of hydrogen-bond donors (Lipinski definition) is 1. The van der Waals surface area contributed by atoms with Crippen LogP contribution in [0.15, 0.2) is 18.2 Å². The van der Waals surface area contributed by atoms with Crippen LogP contribution in [0.3, 0.4) is 0 Å². The molecule has 0 bridgehead atoms. The molecule has 1 aromatic rings. The highest BCUT2D eigenvalue weighted by Crippen LogP contribution is 2.26. The van der Waals surface area contributed by atoms with E-state index in [0.717, 1.165) is 25.3 Å². The van der Waals surface area contributed by atoms with Gasteiger partial charge in [-0.05, 0) is 18.2 Å². The normalized spacial score (nSPS) is 10.7. The Morgan fingerprint density at radius 2 is 2.06 bits per heavy atom. The van der Waals surface area contributed by atoms with Crippen molar-refractivity contribution in [2.45, 2.75) is 6.36 Å². The van der Waals surface area contributed by atoms with Crippen molar-refractivity contribution in [3.63, 3.8) is 0 Å². The predicted molar refractivity (Wildman–Crippen MR) is 54.5 cm³/mol. The van der Waals surface area contributed by atoms with Crippen molar-refractivity contribution >= 4 is 18.1 Å². The molecule has 5 nitrogen and oxygen atoms in total. The maximum absolute atomic E-state index is 11.9. The summed E-state index contributed by atoms with van der Waals surface area (Å²) in [7, 11) is 1.11. The molecule has 0 saturated heterocycles. The molecule has 0 atom stereocenters. The number of halogens is 3. The quantitative estimate of drug-likeness (QED) is 0.851. The van der Waals surface area contributed by atoms with Crippen LogP contribution in [-0.2, 0) is 4.74 Å². The number of methoxy groups -OCH3 is 1. The number of alkyl halides is 3. The molecule has 1 rings (SSSR count). The number of rotatable bonds is 3. The van der Waals surface area contributed by atoms with Crippen LogP contribution < -0.4 is 10.1 Å². The molecule has 0 saturated carbocycles. The Hall–Kier alpha value is -2.25. The number of amides is 1. The van der Waals surface area contributed by atoms with E-state index in [0.29, 0.717) is 0 Å². The molecule has 0 aromatic heterocycles. The lowest BCUT2D eigenvalue weighted by molar-refractivity contribution is -0.274. The van der Waals surface area contributed by atoms with Gasteiger partial charge in [-0.25, -0.2) is 4.79 Å². The third kappa shape index (κ3) is 3.96. The van der Waals surface area contributed by atoms with Crippen LogP contribution >= 0.6 is 0 Å². The molecule has 1 aromatic carbocycles. The van der Waals surface area contributed by atoms with Gasteiger partial charge in [0, 0.05) is 5.56 Å². The number of ether oxygens (including phenoxy) is 2. The second-order valence-electron chi connectivity index (χ2n) is 3.03. The minimum Gasteiger partial charge on any atom is -0.453 e. The molecule has 0 aliphatic carbocycles. The smallest absolute Gasteiger partial charge is 0.453 e. The Morgan fingerprint density at radius 1 is 1.39 bits per heavy atom. The number of hydrogen-bond acceptors (Lipinski definition) is 4. The van der Waals surface area contributed by atoms with Gasteiger partial charge in [0.1, 0.15) is 5.75 Å². The summed E-state index contributed by atoms with van der Waals surface area (Å²) in [5, 5.41) is 2.17. The Morgan fingerprint density at radius 3 is 2.56 bits per heavy atom. The Kier molecular flexibility index (Phi) is 4.13. The van der Waals surface area contributed by atoms with E-state index in [1.165, 1.54) is 0 Å². The van der Waals surface area contributed by atoms with E-state index in [1.807, 2.05) is 0 Å². The van der Waals surface area contributed by atoms with Crippen molar-refractivity contribution in [1.29, 1.82) is 0 Å². The van der Waals surface area contributed by atoms with Gasteiger partial charge in [0.15, 0.2) is 6.29 Å². The van der Waals surface area contributed by atoms with E-state index in [-0.39, 0.29) is 17.5 Å². The average Bonchev–Trinajstić information content (AvgIpc) is 2.28. The largest absolute Gasteiger partial charge is 0.573 e. The monoisotopic (exact) mass is 263 g/mol. The first-order valence-corrected chi connectivity index (χ1v) is 4.55. The Bertz CT molecular complexity index is 459. The minimum atomic E-state index is -4.85. The fourth-order valence-electron chi connectivity index (χ4n) is 1.11. The number of nitrogens with one attached hydrogen (secondary N) is 1. The van der Waals surface area contributed by atoms with E-state index in [4.69, 9.17) is 0 Å². The lowest BCUT2D eigenvalue weighted by Crippen LogP contribution is -2.17. The summed E-state index contributed by atoms with van der Waals surface area (Å²) < 4.78 is 43.7. The second kappa shape index (κ2) is 5.39. The summed E-state index contributed by atoms with van der Waals surface area (Å²) in [5.41, 5.74) is -0.145. The molecule has 1 amide bonds. The summed E-state index contributed by atoms with van der Waals surface area (Å²) in [6.45, 7) is 0. The molecule has 0 heterocycles. The van der Waals surface area contributed by atoms with Crippen molar-refractivity contribution in [2.24, 2.45) is 0 Å². The van der Waals surface area contributed by atoms with Gasteiger partial charge < -0.3 is 9.47 Å². The average molecular weight is 263 g/mol. The molecule has 0 spiro atoms. The number of anilines is 1. The summed E-state index contributed by atoms with van der Waals surface area (Å²) in [4.78, 5) is 21.6. The zero-order valence-electron chi connectivity index (χ0n) is 9.08. The van der Waals surface area contributed by atoms with Gasteiger partial charge in [0.2, 0.25) is 0 Å². The molecule has 8 heteroatoms. The van der Waals surface area contributed by atoms with Crippen LogP contribution in [0.1, 0.15) is 10.4 Å². The third-order valence-corrected chi connectivity index (χ3v) is 1.81. The maximum Gasteiger partial charge on any atom is 0.573 e. The first-order valence-electron chi connectivity index (χ1n) is 4.55. The topological polar surface area (TPSA) is 64.6 Å². The number of carbonyl (C=O) groups is 2. The summed E-state index contributed by atoms with van der Waals surface area (Å²) in [6, 6.07) is 2.92. The van der Waals surface area contributed by atoms with Crippen molar-refractivity contribution in [2.75, 3.05) is 12.4 Å². The van der Waals surface area contributed by atoms with Gasteiger partial charge >= 0.3 is 12.5 Å². The fourth-order valence-corrected chi connectivity index (χ4v) is 1.11. The van der Waals surface area contributed by atoms with Crippen LogP contribution in [0.5, 0.6) is 5.75 Å². The highest BCUT2D eigenvalue weighted by atomic mass is 19.4. The van der Waals surface area contributed by atoms with Crippen LogP contribution in [0, 0.1) is 0 Å². The zero-order valence-corrected chi connectivity index (χ0v) is 9.08. The molecule has 0 aliphatic rings. The first-order chi connectivity index (χ1) is 8.35. The van der Waals surface area contributed by atoms with Gasteiger partial charge in [0.05, 0.1) is 12.8 Å². The molecule has 0 fully saturated rings. The summed E-state index contributed by atoms with van der Waals surface area (Å²) >= 11 is 0. The van der Waals surface area contributed by atoms with Crippen molar-refractivity contribution in [3.8, 4) is 5.75 Å². The van der Waals surface area contributed by atoms with Gasteiger partial charge in [-0.1, -0.05) is 0 Å². The summed E-state index contributed by atoms with van der Waals surface area (Å²) in [5.74, 6) is -0.556. The van der Waals surface area contributed by atoms with E-state index in [2.05, 4.69) is 14.8 Å². The van der Waals surface area contributed by atoms with E-state index in [9.17, 15) is 22.8 Å². The van der Waals surface area contributed by atoms with Crippen molar-refractivity contribution < 1.29 is 32.2 Å². The molecule has 0 aliphatic heterocycles. The van der Waals surface area contributed by atoms with E-state index < -0.39 is 18.2 Å². The number of carbonyl (C=O) groups excluding carboxylic acids is 2. The molecule has 1 N–H and O–H groups in total. The molecular formula is C10H8F3NO4. The molecule has 0 radical (unpaired) electrons. The lowest BCUT2D eigenvalue weighted by Gasteiger charge is -2.11. The molecule has 0 unspecified atom stereocenters. The SMILES string of the molecule is COC(=O)Nc1ccc(OC(F)(F)F)cc1C=O. The second-order valence-corrected chi connectivity index (χ2v) is 3.03. The Labute approximate surface area is 99.5 Å². The number of aldehydes is 1. The Balaban J connectivity index is 2.96. The van der Waals surface area contributed by atoms with Crippen LogP contribution in [0.25, 0.3) is 0 Å². The van der Waals surface area contributed by atoms with Crippen LogP contribution in [-0.4, -0.2) is 25.9 Å². The standard InChI is InChI=1S/C10H8F3NO4/c1-17-9(16)14-8-3-2-7(4-6(8)5-15)18-10(11,12)13/h2-5H,1H3,(H,14,16). The van der Waals surface area contributed by atoms with Crippen molar-refractivity contribution in [3.05, 3.63) is 23.8 Å². The van der Waals surface area contributed by atoms with Crippen LogP contribution in [0.4, 0.5) is 23.7 Å². The number of benzene rings is 1. The van der Waals surface area contributed by atoms with Gasteiger partial charge in [-0.15, -0.1) is 13.2 Å². The fraction of sp³-hybridized carbons (Fsp3) is 0.200. The maximum atomic E-state index is 11.9. The van der Waals surface area contributed by atoms with Crippen molar-refractivity contribution in [1.82, 2.24) is 0 Å². The molecule has 18 heavy (non-hydrogen) atoms. The summed E-state index contributed by atoms with van der Waals surface area (Å²) in [6.07, 6.45) is -5.41. The molecule has 98 valence electrons. The first kappa shape index (κ1) is 13.8. The van der Waals surface area contributed by atoms with E-state index >= 15 is 0 Å².